The molecule has 3 aromatic carbocycles. The van der Waals surface area contributed by atoms with Gasteiger partial charge < -0.3 is 13.9 Å². The molecule has 1 aromatic heterocycles. The van der Waals surface area contributed by atoms with Crippen LogP contribution in [-0.2, 0) is 4.79 Å². The summed E-state index contributed by atoms with van der Waals surface area (Å²) >= 11 is 0. The van der Waals surface area contributed by atoms with Crippen molar-refractivity contribution >= 4 is 23.0 Å². The van der Waals surface area contributed by atoms with Gasteiger partial charge in [-0.15, -0.1) is 0 Å². The van der Waals surface area contributed by atoms with Crippen molar-refractivity contribution in [1.29, 1.82) is 0 Å². The zero-order chi connectivity index (χ0) is 23.4. The maximum Gasteiger partial charge on any atom is 0.336 e. The van der Waals surface area contributed by atoms with Crippen molar-refractivity contribution in [3.8, 4) is 17.2 Å². The normalized spacial score (nSPS) is 11.3. The number of ether oxygens (including phenoxy) is 2. The summed E-state index contributed by atoms with van der Waals surface area (Å²) in [6.45, 7) is 4.09. The van der Waals surface area contributed by atoms with Crippen LogP contribution in [0.1, 0.15) is 30.9 Å². The van der Waals surface area contributed by atoms with Gasteiger partial charge in [-0.3, -0.25) is 4.79 Å². The first-order valence-electron chi connectivity index (χ1n) is 10.4. The van der Waals surface area contributed by atoms with Crippen LogP contribution in [0.2, 0.25) is 0 Å². The molecule has 166 valence electrons. The standard InChI is InChI=1S/C27H21FO5/c1-17(2)21-5-3-4-6-23(21)33-25-16-31-24-15-20(12-13-22(24)27(25)30)32-26(29)14-9-18-7-10-19(28)11-8-18/h3-17H,1-2H3. The molecule has 0 bridgehead atoms. The molecule has 33 heavy (non-hydrogen) atoms. The van der Waals surface area contributed by atoms with Crippen LogP contribution in [0.25, 0.3) is 17.0 Å². The molecule has 0 amide bonds. The molecule has 0 saturated heterocycles. The molecule has 0 atom stereocenters. The summed E-state index contributed by atoms with van der Waals surface area (Å²) in [4.78, 5) is 25.0. The van der Waals surface area contributed by atoms with Crippen molar-refractivity contribution in [2.24, 2.45) is 0 Å². The van der Waals surface area contributed by atoms with E-state index in [0.717, 1.165) is 5.56 Å². The van der Waals surface area contributed by atoms with E-state index >= 15 is 0 Å². The van der Waals surface area contributed by atoms with Gasteiger partial charge in [0.1, 0.15) is 29.2 Å². The lowest BCUT2D eigenvalue weighted by molar-refractivity contribution is -0.128. The molecule has 4 aromatic rings. The number of halogens is 1. The Morgan fingerprint density at radius 2 is 1.76 bits per heavy atom. The fourth-order valence-electron chi connectivity index (χ4n) is 3.28. The Hall–Kier alpha value is -4.19. The molecule has 0 radical (unpaired) electrons. The Morgan fingerprint density at radius 1 is 1.00 bits per heavy atom. The minimum Gasteiger partial charge on any atom is -0.460 e. The lowest BCUT2D eigenvalue weighted by Gasteiger charge is -2.13. The predicted octanol–water partition coefficient (Wildman–Crippen LogP) is 6.47. The highest BCUT2D eigenvalue weighted by molar-refractivity contribution is 5.89. The summed E-state index contributed by atoms with van der Waals surface area (Å²) in [5, 5.41) is 0.302. The first-order chi connectivity index (χ1) is 15.9. The summed E-state index contributed by atoms with van der Waals surface area (Å²) in [5.74, 6) is 0.137. The van der Waals surface area contributed by atoms with E-state index in [4.69, 9.17) is 13.9 Å². The van der Waals surface area contributed by atoms with Crippen molar-refractivity contribution in [2.45, 2.75) is 19.8 Å². The third-order valence-electron chi connectivity index (χ3n) is 4.98. The van der Waals surface area contributed by atoms with E-state index in [0.29, 0.717) is 16.7 Å². The van der Waals surface area contributed by atoms with E-state index < -0.39 is 5.97 Å². The lowest BCUT2D eigenvalue weighted by Crippen LogP contribution is -2.07. The summed E-state index contributed by atoms with van der Waals surface area (Å²) < 4.78 is 29.7. The van der Waals surface area contributed by atoms with Gasteiger partial charge in [-0.05, 0) is 53.5 Å². The van der Waals surface area contributed by atoms with Crippen LogP contribution in [0, 0.1) is 5.82 Å². The van der Waals surface area contributed by atoms with Crippen LogP contribution in [0.4, 0.5) is 4.39 Å². The summed E-state index contributed by atoms with van der Waals surface area (Å²) in [7, 11) is 0. The number of hydrogen-bond donors (Lipinski definition) is 0. The van der Waals surface area contributed by atoms with Gasteiger partial charge in [-0.1, -0.05) is 44.2 Å². The van der Waals surface area contributed by atoms with E-state index in [1.165, 1.54) is 48.7 Å². The van der Waals surface area contributed by atoms with E-state index in [1.54, 1.807) is 18.2 Å². The summed E-state index contributed by atoms with van der Waals surface area (Å²) in [6, 6.07) is 17.7. The van der Waals surface area contributed by atoms with E-state index in [1.807, 2.05) is 32.0 Å². The number of esters is 1. The number of carbonyl (C=O) groups excluding carboxylic acids is 1. The van der Waals surface area contributed by atoms with Crippen LogP contribution < -0.4 is 14.9 Å². The van der Waals surface area contributed by atoms with Gasteiger partial charge >= 0.3 is 5.97 Å². The Bertz CT molecular complexity index is 1380. The minimum absolute atomic E-state index is 0.0718. The highest BCUT2D eigenvalue weighted by Crippen LogP contribution is 2.30. The molecule has 0 saturated carbocycles. The zero-order valence-electron chi connectivity index (χ0n) is 18.1. The molecule has 5 nitrogen and oxygen atoms in total. The van der Waals surface area contributed by atoms with Crippen LogP contribution in [-0.4, -0.2) is 5.97 Å². The van der Waals surface area contributed by atoms with Gasteiger partial charge in [0.15, 0.2) is 0 Å². The molecule has 0 aliphatic rings. The molecule has 0 fully saturated rings. The maximum absolute atomic E-state index is 13.0. The van der Waals surface area contributed by atoms with Crippen LogP contribution in [0.15, 0.2) is 88.3 Å². The van der Waals surface area contributed by atoms with Crippen LogP contribution in [0.5, 0.6) is 17.2 Å². The fraction of sp³-hybridized carbons (Fsp3) is 0.111. The third-order valence-corrected chi connectivity index (χ3v) is 4.98. The minimum atomic E-state index is -0.619. The smallest absolute Gasteiger partial charge is 0.336 e. The van der Waals surface area contributed by atoms with Crippen molar-refractivity contribution in [3.63, 3.8) is 0 Å². The largest absolute Gasteiger partial charge is 0.460 e. The van der Waals surface area contributed by atoms with Crippen molar-refractivity contribution < 1.29 is 23.1 Å². The van der Waals surface area contributed by atoms with E-state index in [2.05, 4.69) is 0 Å². The molecule has 0 N–H and O–H groups in total. The topological polar surface area (TPSA) is 65.7 Å². The number of hydrogen-bond acceptors (Lipinski definition) is 5. The van der Waals surface area contributed by atoms with Gasteiger partial charge in [0.05, 0.1) is 5.39 Å². The van der Waals surface area contributed by atoms with Crippen molar-refractivity contribution in [2.75, 3.05) is 0 Å². The number of carbonyl (C=O) groups is 1. The quantitative estimate of drug-likeness (QED) is 0.194. The number of benzene rings is 3. The first-order valence-corrected chi connectivity index (χ1v) is 10.4. The Morgan fingerprint density at radius 3 is 2.52 bits per heavy atom. The second kappa shape index (κ2) is 9.53. The Kier molecular flexibility index (Phi) is 6.36. The molecule has 0 aliphatic heterocycles. The van der Waals surface area contributed by atoms with E-state index in [-0.39, 0.29) is 34.2 Å². The molecule has 4 rings (SSSR count). The molecule has 0 spiro atoms. The monoisotopic (exact) mass is 444 g/mol. The maximum atomic E-state index is 13.0. The SMILES string of the molecule is CC(C)c1ccccc1Oc1coc2cc(OC(=O)C=Cc3ccc(F)cc3)ccc2c1=O. The van der Waals surface area contributed by atoms with Crippen LogP contribution in [0.3, 0.4) is 0 Å². The zero-order valence-corrected chi connectivity index (χ0v) is 18.1. The van der Waals surface area contributed by atoms with Gasteiger partial charge in [-0.2, -0.15) is 0 Å². The Balaban J connectivity index is 1.53. The first kappa shape index (κ1) is 22.0. The highest BCUT2D eigenvalue weighted by Gasteiger charge is 2.14. The molecular formula is C27H21FO5. The predicted molar refractivity (Wildman–Crippen MR) is 124 cm³/mol. The lowest BCUT2D eigenvalue weighted by atomic mass is 10.0. The van der Waals surface area contributed by atoms with Crippen molar-refractivity contribution in [1.82, 2.24) is 0 Å². The second-order valence-corrected chi connectivity index (χ2v) is 7.69. The fourth-order valence-corrected chi connectivity index (χ4v) is 3.28. The molecule has 6 heteroatoms. The molecular weight excluding hydrogens is 423 g/mol. The third kappa shape index (κ3) is 5.18. The summed E-state index contributed by atoms with van der Waals surface area (Å²) in [6.07, 6.45) is 4.00. The number of para-hydroxylation sites is 1. The van der Waals surface area contributed by atoms with E-state index in [9.17, 15) is 14.0 Å². The van der Waals surface area contributed by atoms with Gasteiger partial charge in [0.2, 0.25) is 11.2 Å². The van der Waals surface area contributed by atoms with Gasteiger partial charge in [0, 0.05) is 12.1 Å². The number of fused-ring (bicyclic) bond motifs is 1. The number of rotatable bonds is 6. The van der Waals surface area contributed by atoms with Gasteiger partial charge in [0.25, 0.3) is 0 Å². The molecule has 1 heterocycles. The molecule has 0 unspecified atom stereocenters. The molecule has 0 aliphatic carbocycles. The average molecular weight is 444 g/mol. The van der Waals surface area contributed by atoms with Crippen LogP contribution >= 0.6 is 0 Å². The summed E-state index contributed by atoms with van der Waals surface area (Å²) in [5.41, 5.74) is 1.57. The average Bonchev–Trinajstić information content (AvgIpc) is 2.81. The Labute approximate surface area is 189 Å². The van der Waals surface area contributed by atoms with Gasteiger partial charge in [-0.25, -0.2) is 9.18 Å². The highest BCUT2D eigenvalue weighted by atomic mass is 19.1. The second-order valence-electron chi connectivity index (χ2n) is 7.69. The van der Waals surface area contributed by atoms with Crippen molar-refractivity contribution in [3.05, 3.63) is 106 Å².